The van der Waals surface area contributed by atoms with E-state index in [0.29, 0.717) is 18.9 Å². The molecule has 160 valence electrons. The third-order valence-corrected chi connectivity index (χ3v) is 8.65. The summed E-state index contributed by atoms with van der Waals surface area (Å²) in [4.78, 5) is 17.4. The van der Waals surface area contributed by atoms with Crippen molar-refractivity contribution in [3.05, 3.63) is 29.0 Å². The minimum Gasteiger partial charge on any atom is -0.341 e. The first-order chi connectivity index (χ1) is 13.9. The van der Waals surface area contributed by atoms with Crippen LogP contribution in [0.2, 0.25) is 5.02 Å². The van der Waals surface area contributed by atoms with Crippen molar-refractivity contribution in [3.63, 3.8) is 0 Å². The third kappa shape index (κ3) is 4.31. The average molecular weight is 444 g/mol. The van der Waals surface area contributed by atoms with Gasteiger partial charge in [-0.15, -0.1) is 0 Å². The van der Waals surface area contributed by atoms with Crippen LogP contribution in [0.5, 0.6) is 0 Å². The maximum atomic E-state index is 13.4. The quantitative estimate of drug-likeness (QED) is 0.717. The first-order valence-corrected chi connectivity index (χ1v) is 12.2. The molecule has 4 rings (SSSR count). The highest BCUT2D eigenvalue weighted by Gasteiger charge is 2.37. The van der Waals surface area contributed by atoms with Gasteiger partial charge in [-0.25, -0.2) is 12.8 Å². The van der Waals surface area contributed by atoms with Gasteiger partial charge in [-0.3, -0.25) is 9.69 Å². The van der Waals surface area contributed by atoms with E-state index < -0.39 is 15.8 Å². The molecule has 1 unspecified atom stereocenters. The number of hydrogen-bond acceptors (Lipinski definition) is 4. The smallest absolute Gasteiger partial charge is 0.243 e. The Hall–Kier alpha value is -1.22. The van der Waals surface area contributed by atoms with Crippen molar-refractivity contribution in [1.29, 1.82) is 0 Å². The number of piperidine rings is 1. The molecule has 3 aliphatic rings. The lowest BCUT2D eigenvalue weighted by Gasteiger charge is -2.33. The number of nitrogens with zero attached hydrogens (tertiary/aromatic N) is 3. The Kier molecular flexibility index (Phi) is 6.16. The molecule has 0 saturated carbocycles. The van der Waals surface area contributed by atoms with Gasteiger partial charge >= 0.3 is 0 Å². The zero-order valence-corrected chi connectivity index (χ0v) is 18.0. The molecule has 0 aromatic heterocycles. The molecule has 6 nitrogen and oxygen atoms in total. The minimum absolute atomic E-state index is 0.0123. The molecule has 0 radical (unpaired) electrons. The van der Waals surface area contributed by atoms with Gasteiger partial charge in [0.05, 0.1) is 9.92 Å². The lowest BCUT2D eigenvalue weighted by Crippen LogP contribution is -2.44. The fourth-order valence-electron chi connectivity index (χ4n) is 4.73. The maximum absolute atomic E-state index is 13.4. The molecule has 1 atom stereocenters. The summed E-state index contributed by atoms with van der Waals surface area (Å²) >= 11 is 5.74. The maximum Gasteiger partial charge on any atom is 0.243 e. The van der Waals surface area contributed by atoms with Gasteiger partial charge in [-0.2, -0.15) is 4.31 Å². The second-order valence-corrected chi connectivity index (χ2v) is 10.6. The fourth-order valence-corrected chi connectivity index (χ4v) is 6.48. The third-order valence-electron chi connectivity index (χ3n) is 6.46. The zero-order chi connectivity index (χ0) is 20.6. The molecule has 1 aromatic rings. The molecule has 3 heterocycles. The molecule has 3 saturated heterocycles. The highest BCUT2D eigenvalue weighted by molar-refractivity contribution is 7.89. The van der Waals surface area contributed by atoms with Crippen LogP contribution in [0.1, 0.15) is 32.1 Å². The van der Waals surface area contributed by atoms with Crippen LogP contribution < -0.4 is 0 Å². The van der Waals surface area contributed by atoms with E-state index in [1.165, 1.54) is 23.2 Å². The predicted octanol–water partition coefficient (Wildman–Crippen LogP) is 2.58. The monoisotopic (exact) mass is 443 g/mol. The lowest BCUT2D eigenvalue weighted by atomic mass is 9.96. The van der Waals surface area contributed by atoms with Gasteiger partial charge in [0, 0.05) is 38.1 Å². The lowest BCUT2D eigenvalue weighted by molar-refractivity contribution is -0.135. The van der Waals surface area contributed by atoms with E-state index in [9.17, 15) is 17.6 Å². The van der Waals surface area contributed by atoms with Gasteiger partial charge < -0.3 is 4.90 Å². The highest BCUT2D eigenvalue weighted by atomic mass is 35.5. The number of rotatable bonds is 4. The van der Waals surface area contributed by atoms with E-state index in [1.807, 2.05) is 4.90 Å². The van der Waals surface area contributed by atoms with Crippen molar-refractivity contribution in [1.82, 2.24) is 14.1 Å². The van der Waals surface area contributed by atoms with Crippen LogP contribution in [-0.2, 0) is 14.8 Å². The molecular formula is C20H27ClFN3O3S. The Morgan fingerprint density at radius 2 is 1.72 bits per heavy atom. The zero-order valence-electron chi connectivity index (χ0n) is 16.4. The minimum atomic E-state index is -3.74. The van der Waals surface area contributed by atoms with Crippen LogP contribution >= 0.6 is 11.6 Å². The van der Waals surface area contributed by atoms with Crippen LogP contribution in [0.4, 0.5) is 4.39 Å². The van der Waals surface area contributed by atoms with Crippen molar-refractivity contribution in [2.24, 2.45) is 5.92 Å². The molecule has 0 aliphatic carbocycles. The summed E-state index contributed by atoms with van der Waals surface area (Å²) in [5, 5.41) is -0.210. The van der Waals surface area contributed by atoms with E-state index in [1.54, 1.807) is 0 Å². The van der Waals surface area contributed by atoms with E-state index in [2.05, 4.69) is 4.90 Å². The Balaban J connectivity index is 1.34. The van der Waals surface area contributed by atoms with Crippen molar-refractivity contribution in [2.45, 2.75) is 43.0 Å². The van der Waals surface area contributed by atoms with Gasteiger partial charge in [-0.05, 0) is 63.4 Å². The van der Waals surface area contributed by atoms with Crippen LogP contribution in [-0.4, -0.2) is 73.7 Å². The average Bonchev–Trinajstić information content (AvgIpc) is 3.41. The number of likely N-dealkylation sites (tertiary alicyclic amines) is 2. The number of carbonyl (C=O) groups is 1. The van der Waals surface area contributed by atoms with E-state index in [4.69, 9.17) is 11.6 Å². The molecule has 3 aliphatic heterocycles. The normalized spacial score (nSPS) is 25.0. The first-order valence-electron chi connectivity index (χ1n) is 10.3. The standard InChI is InChI=1S/C20H27ClFN3O3S/c21-18-13-17(3-4-19(18)22)29(27,28)25-11-5-15(6-12-25)20(26)24-10-7-16(14-24)23-8-1-2-9-23/h3-4,13,15-16H,1-2,5-12,14H2. The summed E-state index contributed by atoms with van der Waals surface area (Å²) in [5.74, 6) is -0.614. The summed E-state index contributed by atoms with van der Waals surface area (Å²) in [5.41, 5.74) is 0. The number of benzene rings is 1. The Morgan fingerprint density at radius 3 is 2.38 bits per heavy atom. The second-order valence-electron chi connectivity index (χ2n) is 8.22. The number of halogens is 2. The number of amides is 1. The van der Waals surface area contributed by atoms with Gasteiger partial charge in [0.15, 0.2) is 0 Å². The first kappa shape index (κ1) is 21.0. The van der Waals surface area contributed by atoms with Crippen LogP contribution in [0.15, 0.2) is 23.1 Å². The van der Waals surface area contributed by atoms with Gasteiger partial charge in [0.25, 0.3) is 0 Å². The van der Waals surface area contributed by atoms with Gasteiger partial charge in [0.2, 0.25) is 15.9 Å². The van der Waals surface area contributed by atoms with Crippen molar-refractivity contribution >= 4 is 27.5 Å². The van der Waals surface area contributed by atoms with Crippen LogP contribution in [0.25, 0.3) is 0 Å². The summed E-state index contributed by atoms with van der Waals surface area (Å²) in [6.07, 6.45) is 4.55. The predicted molar refractivity (Wildman–Crippen MR) is 109 cm³/mol. The molecule has 0 N–H and O–H groups in total. The molecular weight excluding hydrogens is 417 g/mol. The fraction of sp³-hybridized carbons (Fsp3) is 0.650. The summed E-state index contributed by atoms with van der Waals surface area (Å²) < 4.78 is 40.4. The Morgan fingerprint density at radius 1 is 1.03 bits per heavy atom. The Bertz CT molecular complexity index is 868. The topological polar surface area (TPSA) is 60.9 Å². The summed E-state index contributed by atoms with van der Waals surface area (Å²) in [6, 6.07) is 3.92. The van der Waals surface area contributed by atoms with Crippen LogP contribution in [0, 0.1) is 11.7 Å². The van der Waals surface area contributed by atoms with E-state index in [0.717, 1.165) is 44.7 Å². The number of carbonyl (C=O) groups excluding carboxylic acids is 1. The van der Waals surface area contributed by atoms with E-state index >= 15 is 0 Å². The molecule has 0 bridgehead atoms. The molecule has 1 amide bonds. The van der Waals surface area contributed by atoms with Crippen molar-refractivity contribution in [2.75, 3.05) is 39.3 Å². The molecule has 3 fully saturated rings. The molecule has 29 heavy (non-hydrogen) atoms. The largest absolute Gasteiger partial charge is 0.341 e. The SMILES string of the molecule is O=C(C1CCN(S(=O)(=O)c2ccc(F)c(Cl)c2)CC1)N1CCC(N2CCCC2)C1. The Labute approximate surface area is 176 Å². The molecule has 9 heteroatoms. The van der Waals surface area contributed by atoms with Crippen molar-refractivity contribution < 1.29 is 17.6 Å². The van der Waals surface area contributed by atoms with Gasteiger partial charge in [-0.1, -0.05) is 11.6 Å². The summed E-state index contributed by atoms with van der Waals surface area (Å²) in [7, 11) is -3.74. The van der Waals surface area contributed by atoms with Gasteiger partial charge in [0.1, 0.15) is 5.82 Å². The second kappa shape index (κ2) is 8.49. The highest BCUT2D eigenvalue weighted by Crippen LogP contribution is 2.29. The summed E-state index contributed by atoms with van der Waals surface area (Å²) in [6.45, 7) is 4.44. The molecule has 0 spiro atoms. The number of hydrogen-bond donors (Lipinski definition) is 0. The molecule has 1 aromatic carbocycles. The van der Waals surface area contributed by atoms with Crippen molar-refractivity contribution in [3.8, 4) is 0 Å². The number of sulfonamides is 1. The van der Waals surface area contributed by atoms with Crippen LogP contribution in [0.3, 0.4) is 0 Å². The van der Waals surface area contributed by atoms with E-state index in [-0.39, 0.29) is 34.8 Å².